The predicted molar refractivity (Wildman–Crippen MR) is 119 cm³/mol. The highest BCUT2D eigenvalue weighted by Crippen LogP contribution is 2.36. The molecule has 2 aromatic heterocycles. The lowest BCUT2D eigenvalue weighted by atomic mass is 9.88. The summed E-state index contributed by atoms with van der Waals surface area (Å²) in [6, 6.07) is 3.81. The molecule has 33 heavy (non-hydrogen) atoms. The van der Waals surface area contributed by atoms with E-state index in [1.165, 1.54) is 18.2 Å². The molecule has 0 amide bonds. The van der Waals surface area contributed by atoms with Gasteiger partial charge < -0.3 is 10.4 Å². The van der Waals surface area contributed by atoms with Gasteiger partial charge in [-0.05, 0) is 50.7 Å². The van der Waals surface area contributed by atoms with Crippen molar-refractivity contribution >= 4 is 40.4 Å². The lowest BCUT2D eigenvalue weighted by molar-refractivity contribution is -0.142. The van der Waals surface area contributed by atoms with Gasteiger partial charge in [-0.3, -0.25) is 9.36 Å². The lowest BCUT2D eigenvalue weighted by Gasteiger charge is -2.19. The van der Waals surface area contributed by atoms with E-state index in [-0.39, 0.29) is 23.6 Å². The van der Waals surface area contributed by atoms with Crippen LogP contribution < -0.4 is 5.32 Å². The number of nitrogens with one attached hydrogen (secondary N) is 1. The molecule has 2 aliphatic rings. The van der Waals surface area contributed by atoms with Crippen LogP contribution in [0.25, 0.3) is 11.2 Å². The molecule has 0 aliphatic heterocycles. The van der Waals surface area contributed by atoms with Gasteiger partial charge in [-0.1, -0.05) is 18.9 Å². The van der Waals surface area contributed by atoms with E-state index < -0.39 is 17.6 Å². The Kier molecular flexibility index (Phi) is 5.74. The highest BCUT2D eigenvalue weighted by molar-refractivity contribution is 5.88. The molecule has 2 aliphatic carbocycles. The molecule has 5 rings (SSSR count). The number of benzene rings is 1. The third kappa shape index (κ3) is 4.29. The van der Waals surface area contributed by atoms with Gasteiger partial charge in [-0.25, -0.2) is 23.7 Å². The van der Waals surface area contributed by atoms with Crippen molar-refractivity contribution in [2.24, 2.45) is 10.9 Å². The minimum absolute atomic E-state index is 0.105. The van der Waals surface area contributed by atoms with Crippen LogP contribution in [0.5, 0.6) is 0 Å². The first-order valence-corrected chi connectivity index (χ1v) is 11.2. The molecular formula is C23H24F2N6O2. The smallest absolute Gasteiger partial charge is 0.306 e. The predicted octanol–water partition coefficient (Wildman–Crippen LogP) is 5.31. The molecule has 1 aromatic carbocycles. The van der Waals surface area contributed by atoms with E-state index in [1.807, 2.05) is 4.57 Å². The topological polar surface area (TPSA) is 105 Å². The number of hydrogen-bond acceptors (Lipinski definition) is 6. The number of carboxylic acid groups (broad SMARTS) is 1. The highest BCUT2D eigenvalue weighted by Gasteiger charge is 2.26. The molecule has 10 heteroatoms. The van der Waals surface area contributed by atoms with Gasteiger partial charge in [0.25, 0.3) is 5.95 Å². The Morgan fingerprint density at radius 3 is 2.45 bits per heavy atom. The minimum atomic E-state index is -0.765. The largest absolute Gasteiger partial charge is 0.481 e. The number of fused-ring (bicyclic) bond motifs is 1. The van der Waals surface area contributed by atoms with Crippen LogP contribution in [-0.2, 0) is 4.79 Å². The number of hydrogen-bond donors (Lipinski definition) is 2. The Bertz CT molecular complexity index is 1200. The van der Waals surface area contributed by atoms with Crippen molar-refractivity contribution in [2.75, 3.05) is 5.32 Å². The van der Waals surface area contributed by atoms with E-state index in [0.717, 1.165) is 31.4 Å². The summed E-state index contributed by atoms with van der Waals surface area (Å²) in [6.07, 6.45) is 7.83. The Hall–Kier alpha value is -3.43. The molecule has 8 nitrogen and oxygen atoms in total. The van der Waals surface area contributed by atoms with E-state index in [0.29, 0.717) is 42.8 Å². The first-order valence-electron chi connectivity index (χ1n) is 11.2. The summed E-state index contributed by atoms with van der Waals surface area (Å²) < 4.78 is 30.5. The number of carboxylic acids is 1. The average Bonchev–Trinajstić information content (AvgIpc) is 3.44. The number of imidazole rings is 1. The van der Waals surface area contributed by atoms with Gasteiger partial charge in [0.1, 0.15) is 22.8 Å². The third-order valence-electron chi connectivity index (χ3n) is 6.48. The number of aliphatic carboxylic acids is 1. The van der Waals surface area contributed by atoms with Crippen molar-refractivity contribution in [2.45, 2.75) is 57.4 Å². The van der Waals surface area contributed by atoms with Crippen molar-refractivity contribution in [3.63, 3.8) is 0 Å². The normalized spacial score (nSPS) is 19.2. The van der Waals surface area contributed by atoms with E-state index in [4.69, 9.17) is 0 Å². The number of nitrogens with zero attached hydrogens (tertiary/aromatic N) is 5. The van der Waals surface area contributed by atoms with Gasteiger partial charge in [0.15, 0.2) is 5.65 Å². The molecular weight excluding hydrogens is 430 g/mol. The summed E-state index contributed by atoms with van der Waals surface area (Å²) in [7, 11) is 0. The monoisotopic (exact) mass is 454 g/mol. The Morgan fingerprint density at radius 1 is 1.09 bits per heavy atom. The van der Waals surface area contributed by atoms with Crippen molar-refractivity contribution in [1.82, 2.24) is 19.5 Å². The maximum Gasteiger partial charge on any atom is 0.306 e. The van der Waals surface area contributed by atoms with Crippen molar-refractivity contribution in [1.29, 1.82) is 0 Å². The number of rotatable bonds is 5. The molecule has 0 spiro atoms. The second-order valence-corrected chi connectivity index (χ2v) is 8.63. The number of aromatic nitrogens is 4. The van der Waals surface area contributed by atoms with Gasteiger partial charge in [0.2, 0.25) is 5.95 Å². The molecule has 2 fully saturated rings. The standard InChI is InChI=1S/C23H24F2N6O2/c24-16-6-3-7-17(25)19(16)29-23-28-18-12-26-22(27-14-10-8-13(9-11-14)21(32)33)30-20(18)31(23)15-4-1-2-5-15/h3,6-7,12-13,15H,1-2,4-5,8-11H2,(H,28,29)(H,32,33). The fraction of sp³-hybridized carbons (Fsp3) is 0.435. The molecule has 3 aromatic rings. The van der Waals surface area contributed by atoms with Crippen LogP contribution in [0.3, 0.4) is 0 Å². The molecule has 2 N–H and O–H groups in total. The summed E-state index contributed by atoms with van der Waals surface area (Å²) in [5.41, 5.74) is 1.70. The van der Waals surface area contributed by atoms with Gasteiger partial charge in [0, 0.05) is 11.8 Å². The van der Waals surface area contributed by atoms with Crippen LogP contribution in [0.4, 0.5) is 26.4 Å². The second-order valence-electron chi connectivity index (χ2n) is 8.63. The first-order chi connectivity index (χ1) is 16.0. The number of carbonyl (C=O) groups is 1. The highest BCUT2D eigenvalue weighted by atomic mass is 19.1. The van der Waals surface area contributed by atoms with Crippen LogP contribution in [0.1, 0.15) is 57.4 Å². The summed E-state index contributed by atoms with van der Waals surface area (Å²) in [5.74, 6) is -1.89. The molecule has 0 radical (unpaired) electrons. The number of anilines is 2. The van der Waals surface area contributed by atoms with Crippen molar-refractivity contribution in [3.8, 4) is 0 Å². The molecule has 172 valence electrons. The second kappa shape index (κ2) is 8.84. The lowest BCUT2D eigenvalue weighted by Crippen LogP contribution is -2.21. The molecule has 0 atom stereocenters. The zero-order chi connectivity index (χ0) is 22.9. The van der Waals surface area contributed by atoms with Gasteiger partial charge >= 0.3 is 5.97 Å². The Labute approximate surface area is 188 Å². The third-order valence-corrected chi connectivity index (χ3v) is 6.48. The zero-order valence-corrected chi connectivity index (χ0v) is 18.0. The van der Waals surface area contributed by atoms with Crippen LogP contribution in [0.2, 0.25) is 0 Å². The van der Waals surface area contributed by atoms with Crippen LogP contribution in [0, 0.1) is 17.6 Å². The van der Waals surface area contributed by atoms with Crippen LogP contribution in [0.15, 0.2) is 29.4 Å². The van der Waals surface area contributed by atoms with E-state index in [1.54, 1.807) is 6.20 Å². The number of para-hydroxylation sites is 1. The SMILES string of the molecule is O=C(O)C1CCC(=Nc2ncc3nc(Nc4c(F)cccc4F)n(C4CCCC4)c3n2)CC1. The van der Waals surface area contributed by atoms with Crippen LogP contribution >= 0.6 is 0 Å². The minimum Gasteiger partial charge on any atom is -0.481 e. The summed E-state index contributed by atoms with van der Waals surface area (Å²) in [5, 5.41) is 12.0. The molecule has 2 heterocycles. The van der Waals surface area contributed by atoms with Crippen molar-refractivity contribution in [3.05, 3.63) is 36.0 Å². The van der Waals surface area contributed by atoms with Gasteiger partial charge in [0.05, 0.1) is 12.1 Å². The summed E-state index contributed by atoms with van der Waals surface area (Å²) >= 11 is 0. The molecule has 2 saturated carbocycles. The fourth-order valence-corrected chi connectivity index (χ4v) is 4.71. The summed E-state index contributed by atoms with van der Waals surface area (Å²) in [4.78, 5) is 29.2. The molecule has 0 saturated heterocycles. The quantitative estimate of drug-likeness (QED) is 0.541. The van der Waals surface area contributed by atoms with Gasteiger partial charge in [-0.15, -0.1) is 0 Å². The van der Waals surface area contributed by atoms with Gasteiger partial charge in [-0.2, -0.15) is 4.98 Å². The fourth-order valence-electron chi connectivity index (χ4n) is 4.71. The average molecular weight is 454 g/mol. The number of aliphatic imine (C=N–C) groups is 1. The van der Waals surface area contributed by atoms with E-state index in [2.05, 4.69) is 25.3 Å². The maximum atomic E-state index is 14.3. The van der Waals surface area contributed by atoms with E-state index >= 15 is 0 Å². The molecule has 0 bridgehead atoms. The number of halogens is 2. The first kappa shape index (κ1) is 21.4. The molecule has 0 unspecified atom stereocenters. The zero-order valence-electron chi connectivity index (χ0n) is 18.0. The Morgan fingerprint density at radius 2 is 1.79 bits per heavy atom. The maximum absolute atomic E-state index is 14.3. The van der Waals surface area contributed by atoms with E-state index in [9.17, 15) is 18.7 Å². The van der Waals surface area contributed by atoms with Crippen LogP contribution in [-0.4, -0.2) is 36.3 Å². The summed E-state index contributed by atoms with van der Waals surface area (Å²) in [6.45, 7) is 0. The Balaban J connectivity index is 1.51. The van der Waals surface area contributed by atoms with Crippen molar-refractivity contribution < 1.29 is 18.7 Å².